The molecule has 6 heteroatoms. The Kier molecular flexibility index (Phi) is 3.64. The largest absolute Gasteiger partial charge is 0.462 e. The first-order chi connectivity index (χ1) is 9.81. The molecule has 1 fully saturated rings. The zero-order valence-corrected chi connectivity index (χ0v) is 11.5. The van der Waals surface area contributed by atoms with Crippen LogP contribution in [0.25, 0.3) is 5.65 Å². The van der Waals surface area contributed by atoms with Gasteiger partial charge in [0.15, 0.2) is 5.65 Å². The summed E-state index contributed by atoms with van der Waals surface area (Å²) in [7, 11) is 0. The lowest BCUT2D eigenvalue weighted by Crippen LogP contribution is -2.29. The summed E-state index contributed by atoms with van der Waals surface area (Å²) in [5, 5.41) is 7.72. The second kappa shape index (κ2) is 5.58. The highest BCUT2D eigenvalue weighted by molar-refractivity contribution is 5.95. The number of hydrogen-bond donors (Lipinski definition) is 1. The zero-order valence-electron chi connectivity index (χ0n) is 11.5. The number of ether oxygens (including phenoxy) is 1. The first-order valence-corrected chi connectivity index (χ1v) is 7.01. The van der Waals surface area contributed by atoms with Gasteiger partial charge in [0, 0.05) is 18.7 Å². The summed E-state index contributed by atoms with van der Waals surface area (Å²) in [5.41, 5.74) is 2.10. The average molecular weight is 274 g/mol. The van der Waals surface area contributed by atoms with E-state index in [9.17, 15) is 4.79 Å². The highest BCUT2D eigenvalue weighted by atomic mass is 16.5. The molecule has 1 aliphatic rings. The summed E-state index contributed by atoms with van der Waals surface area (Å²) in [5.74, 6) is 0.0399. The highest BCUT2D eigenvalue weighted by Crippen LogP contribution is 2.24. The van der Waals surface area contributed by atoms with Crippen molar-refractivity contribution in [1.82, 2.24) is 19.9 Å². The fourth-order valence-electron chi connectivity index (χ4n) is 2.68. The molecule has 0 bridgehead atoms. The summed E-state index contributed by atoms with van der Waals surface area (Å²) in [6.45, 7) is 4.14. The van der Waals surface area contributed by atoms with E-state index < -0.39 is 0 Å². The molecule has 1 unspecified atom stereocenters. The maximum absolute atomic E-state index is 11.9. The first-order valence-electron chi connectivity index (χ1n) is 7.01. The molecule has 2 aromatic rings. The Morgan fingerprint density at radius 1 is 1.60 bits per heavy atom. The molecule has 1 atom stereocenters. The van der Waals surface area contributed by atoms with Crippen LogP contribution in [0.3, 0.4) is 0 Å². The van der Waals surface area contributed by atoms with Gasteiger partial charge in [-0.2, -0.15) is 5.10 Å². The van der Waals surface area contributed by atoms with Crippen molar-refractivity contribution < 1.29 is 9.53 Å². The summed E-state index contributed by atoms with van der Waals surface area (Å²) in [6.07, 6.45) is 5.56. The van der Waals surface area contributed by atoms with Crippen LogP contribution in [0.15, 0.2) is 18.5 Å². The van der Waals surface area contributed by atoms with E-state index >= 15 is 0 Å². The number of nitrogens with zero attached hydrogens (tertiary/aromatic N) is 3. The molecule has 0 saturated carbocycles. The fraction of sp³-hybridized carbons (Fsp3) is 0.500. The number of nitrogens with one attached hydrogen (secondary N) is 1. The monoisotopic (exact) mass is 274 g/mol. The predicted molar refractivity (Wildman–Crippen MR) is 73.8 cm³/mol. The molecule has 0 radical (unpaired) electrons. The van der Waals surface area contributed by atoms with Gasteiger partial charge >= 0.3 is 5.97 Å². The van der Waals surface area contributed by atoms with Crippen LogP contribution in [0.2, 0.25) is 0 Å². The molecular weight excluding hydrogens is 256 g/mol. The molecule has 2 aromatic heterocycles. The Hall–Kier alpha value is -1.95. The van der Waals surface area contributed by atoms with Gasteiger partial charge in [-0.15, -0.1) is 0 Å². The Morgan fingerprint density at radius 3 is 3.25 bits per heavy atom. The summed E-state index contributed by atoms with van der Waals surface area (Å²) in [6, 6.07) is 1.98. The SMILES string of the molecule is CCOC(=O)c1cnn2c(C3CCCNC3)ccnc12. The lowest BCUT2D eigenvalue weighted by molar-refractivity contribution is 0.0528. The van der Waals surface area contributed by atoms with Gasteiger partial charge in [-0.1, -0.05) is 0 Å². The van der Waals surface area contributed by atoms with Gasteiger partial charge in [0.05, 0.1) is 18.5 Å². The number of fused-ring (bicyclic) bond motifs is 1. The molecule has 0 aliphatic carbocycles. The van der Waals surface area contributed by atoms with E-state index in [4.69, 9.17) is 4.74 Å². The van der Waals surface area contributed by atoms with Crippen molar-refractivity contribution in [2.75, 3.05) is 19.7 Å². The van der Waals surface area contributed by atoms with Crippen molar-refractivity contribution >= 4 is 11.6 Å². The number of esters is 1. The third kappa shape index (κ3) is 2.27. The van der Waals surface area contributed by atoms with Crippen molar-refractivity contribution in [3.05, 3.63) is 29.7 Å². The Bertz CT molecular complexity index is 617. The molecule has 1 saturated heterocycles. The molecule has 0 amide bonds. The first kappa shape index (κ1) is 13.1. The van der Waals surface area contributed by atoms with Gasteiger partial charge in [0.1, 0.15) is 5.56 Å². The van der Waals surface area contributed by atoms with E-state index in [-0.39, 0.29) is 5.97 Å². The van der Waals surface area contributed by atoms with E-state index in [1.807, 2.05) is 6.07 Å². The number of carbonyl (C=O) groups is 1. The third-order valence-corrected chi connectivity index (χ3v) is 3.64. The van der Waals surface area contributed by atoms with Crippen molar-refractivity contribution in [2.24, 2.45) is 0 Å². The Balaban J connectivity index is 2.00. The van der Waals surface area contributed by atoms with Crippen LogP contribution in [0.5, 0.6) is 0 Å². The van der Waals surface area contributed by atoms with Crippen molar-refractivity contribution in [3.8, 4) is 0 Å². The standard InChI is InChI=1S/C14H18N4O2/c1-2-20-14(19)11-9-17-18-12(5-7-16-13(11)18)10-4-3-6-15-8-10/h5,7,9-10,15H,2-4,6,8H2,1H3. The van der Waals surface area contributed by atoms with Crippen molar-refractivity contribution in [2.45, 2.75) is 25.7 Å². The van der Waals surface area contributed by atoms with E-state index in [0.29, 0.717) is 23.7 Å². The molecule has 106 valence electrons. The van der Waals surface area contributed by atoms with E-state index in [1.165, 1.54) is 0 Å². The van der Waals surface area contributed by atoms with E-state index in [2.05, 4.69) is 15.4 Å². The molecule has 1 N–H and O–H groups in total. The van der Waals surface area contributed by atoms with Gasteiger partial charge in [-0.3, -0.25) is 0 Å². The molecule has 20 heavy (non-hydrogen) atoms. The number of piperidine rings is 1. The summed E-state index contributed by atoms with van der Waals surface area (Å²) in [4.78, 5) is 16.2. The van der Waals surface area contributed by atoms with Gasteiger partial charge in [-0.05, 0) is 32.4 Å². The van der Waals surface area contributed by atoms with Crippen LogP contribution in [0.1, 0.15) is 41.7 Å². The number of aromatic nitrogens is 3. The Labute approximate surface area is 117 Å². The quantitative estimate of drug-likeness (QED) is 0.856. The zero-order chi connectivity index (χ0) is 13.9. The average Bonchev–Trinajstić information content (AvgIpc) is 2.92. The minimum Gasteiger partial charge on any atom is -0.462 e. The molecule has 0 spiro atoms. The topological polar surface area (TPSA) is 68.5 Å². The van der Waals surface area contributed by atoms with Crippen LogP contribution in [0.4, 0.5) is 0 Å². The molecule has 1 aliphatic heterocycles. The second-order valence-electron chi connectivity index (χ2n) is 4.93. The minimum atomic E-state index is -0.367. The maximum atomic E-state index is 11.9. The second-order valence-corrected chi connectivity index (χ2v) is 4.93. The van der Waals surface area contributed by atoms with Gasteiger partial charge < -0.3 is 10.1 Å². The van der Waals surface area contributed by atoms with E-state index in [1.54, 1.807) is 23.8 Å². The molecule has 3 heterocycles. The highest BCUT2D eigenvalue weighted by Gasteiger charge is 2.21. The number of rotatable bonds is 3. The minimum absolute atomic E-state index is 0.350. The number of hydrogen-bond acceptors (Lipinski definition) is 5. The van der Waals surface area contributed by atoms with Crippen molar-refractivity contribution in [1.29, 1.82) is 0 Å². The van der Waals surface area contributed by atoms with E-state index in [0.717, 1.165) is 31.6 Å². The predicted octanol–water partition coefficient (Wildman–Crippen LogP) is 1.37. The summed E-state index contributed by atoms with van der Waals surface area (Å²) < 4.78 is 6.80. The normalized spacial score (nSPS) is 19.1. The molecule has 6 nitrogen and oxygen atoms in total. The number of carbonyl (C=O) groups excluding carboxylic acids is 1. The van der Waals surface area contributed by atoms with Crippen LogP contribution in [-0.4, -0.2) is 40.3 Å². The van der Waals surface area contributed by atoms with Crippen LogP contribution < -0.4 is 5.32 Å². The van der Waals surface area contributed by atoms with Gasteiger partial charge in [-0.25, -0.2) is 14.3 Å². The van der Waals surface area contributed by atoms with Gasteiger partial charge in [0.25, 0.3) is 0 Å². The molecule has 3 rings (SSSR count). The van der Waals surface area contributed by atoms with Crippen LogP contribution in [-0.2, 0) is 4.74 Å². The molecule has 0 aromatic carbocycles. The lowest BCUT2D eigenvalue weighted by Gasteiger charge is -2.23. The smallest absolute Gasteiger partial charge is 0.343 e. The maximum Gasteiger partial charge on any atom is 0.343 e. The van der Waals surface area contributed by atoms with Gasteiger partial charge in [0.2, 0.25) is 0 Å². The Morgan fingerprint density at radius 2 is 2.50 bits per heavy atom. The fourth-order valence-corrected chi connectivity index (χ4v) is 2.68. The van der Waals surface area contributed by atoms with Crippen molar-refractivity contribution in [3.63, 3.8) is 0 Å². The lowest BCUT2D eigenvalue weighted by atomic mass is 9.96. The summed E-state index contributed by atoms with van der Waals surface area (Å²) >= 11 is 0. The molecular formula is C14H18N4O2. The van der Waals surface area contributed by atoms with Crippen LogP contribution >= 0.6 is 0 Å². The van der Waals surface area contributed by atoms with Crippen LogP contribution in [0, 0.1) is 0 Å². The third-order valence-electron chi connectivity index (χ3n) is 3.64.